The number of benzene rings is 3. The second-order valence-electron chi connectivity index (χ2n) is 11.3. The fourth-order valence-corrected chi connectivity index (χ4v) is 7.74. The molecular weight excluding hydrogens is 626 g/mol. The van der Waals surface area contributed by atoms with Gasteiger partial charge in [-0.25, -0.2) is 8.42 Å². The number of hydrogen-bond acceptors (Lipinski definition) is 4. The van der Waals surface area contributed by atoms with Crippen LogP contribution in [-0.2, 0) is 20.7 Å². The first-order chi connectivity index (χ1) is 20.0. The van der Waals surface area contributed by atoms with E-state index in [0.29, 0.717) is 41.3 Å². The third-order valence-electron chi connectivity index (χ3n) is 8.63. The molecule has 1 N–H and O–H groups in total. The lowest BCUT2D eigenvalue weighted by Gasteiger charge is -2.36. The number of likely N-dealkylation sites (tertiary alicyclic amines) is 1. The molecule has 2 aliphatic rings. The third-order valence-corrected chi connectivity index (χ3v) is 10.6. The second kappa shape index (κ2) is 12.6. The Morgan fingerprint density at radius 1 is 0.952 bits per heavy atom. The fourth-order valence-electron chi connectivity index (χ4n) is 6.25. The standard InChI is InChI=1S/C32H37BrF2N2O4S/c1-3-25-15-16-26(4-2)37(25)31(38)30(32(34,35)23-11-13-24(33)14-12-23)36-42(39,40)29-18-10-21-19-28(17-9-22(21)20-29)41-27-7-5-6-8-27/h9-14,17-20,25-27,30,36H,3-8,15-16H2,1-2H3. The molecular formula is C32H37BrF2N2O4S. The smallest absolute Gasteiger partial charge is 0.298 e. The number of fused-ring (bicyclic) bond motifs is 1. The van der Waals surface area contributed by atoms with Crippen molar-refractivity contribution in [1.82, 2.24) is 9.62 Å². The van der Waals surface area contributed by atoms with Gasteiger partial charge in [-0.15, -0.1) is 0 Å². The minimum atomic E-state index is -4.52. The van der Waals surface area contributed by atoms with Crippen molar-refractivity contribution in [2.24, 2.45) is 0 Å². The number of carbonyl (C=O) groups is 1. The van der Waals surface area contributed by atoms with Gasteiger partial charge in [0.2, 0.25) is 15.9 Å². The molecule has 226 valence electrons. The lowest BCUT2D eigenvalue weighted by Crippen LogP contribution is -2.58. The van der Waals surface area contributed by atoms with Gasteiger partial charge in [0.15, 0.2) is 6.04 Å². The molecule has 1 amide bonds. The summed E-state index contributed by atoms with van der Waals surface area (Å²) in [6.45, 7) is 3.82. The lowest BCUT2D eigenvalue weighted by atomic mass is 9.99. The van der Waals surface area contributed by atoms with Crippen LogP contribution in [0.5, 0.6) is 5.75 Å². The van der Waals surface area contributed by atoms with E-state index >= 15 is 8.78 Å². The van der Waals surface area contributed by atoms with Crippen LogP contribution in [-0.4, -0.2) is 43.5 Å². The molecule has 3 aromatic carbocycles. The van der Waals surface area contributed by atoms with E-state index in [1.165, 1.54) is 41.3 Å². The molecule has 1 heterocycles. The van der Waals surface area contributed by atoms with Crippen LogP contribution in [0.2, 0.25) is 0 Å². The van der Waals surface area contributed by atoms with Gasteiger partial charge in [0.1, 0.15) is 5.75 Å². The van der Waals surface area contributed by atoms with Crippen LogP contribution in [0.15, 0.2) is 70.0 Å². The summed E-state index contributed by atoms with van der Waals surface area (Å²) in [6.07, 6.45) is 7.10. The number of ether oxygens (including phenoxy) is 1. The van der Waals surface area contributed by atoms with Gasteiger partial charge in [0.05, 0.1) is 11.0 Å². The fraction of sp³-hybridized carbons (Fsp3) is 0.469. The van der Waals surface area contributed by atoms with Crippen LogP contribution in [0.4, 0.5) is 8.78 Å². The molecule has 42 heavy (non-hydrogen) atoms. The number of halogens is 3. The Morgan fingerprint density at radius 3 is 2.17 bits per heavy atom. The van der Waals surface area contributed by atoms with Crippen LogP contribution in [0, 0.1) is 0 Å². The number of nitrogens with zero attached hydrogens (tertiary/aromatic N) is 1. The van der Waals surface area contributed by atoms with Crippen LogP contribution >= 0.6 is 15.9 Å². The molecule has 2 fully saturated rings. The molecule has 5 rings (SSSR count). The molecule has 3 aromatic rings. The molecule has 0 radical (unpaired) electrons. The summed E-state index contributed by atoms with van der Waals surface area (Å²) >= 11 is 3.25. The number of sulfonamides is 1. The second-order valence-corrected chi connectivity index (χ2v) is 14.0. The lowest BCUT2D eigenvalue weighted by molar-refractivity contribution is -0.147. The highest BCUT2D eigenvalue weighted by molar-refractivity contribution is 9.10. The van der Waals surface area contributed by atoms with E-state index in [1.54, 1.807) is 18.2 Å². The zero-order valence-corrected chi connectivity index (χ0v) is 26.3. The Balaban J connectivity index is 1.48. The van der Waals surface area contributed by atoms with Gasteiger partial charge in [-0.05, 0) is 98.5 Å². The Bertz CT molecular complexity index is 1520. The molecule has 1 saturated carbocycles. The SMILES string of the molecule is CCC1CCC(CC)N1C(=O)C(NS(=O)(=O)c1ccc2cc(OC3CCCC3)ccc2c1)C(F)(F)c1ccc(Br)cc1. The summed E-state index contributed by atoms with van der Waals surface area (Å²) < 4.78 is 68.6. The average Bonchev–Trinajstić information content (AvgIpc) is 3.65. The maximum atomic E-state index is 16.2. The first kappa shape index (κ1) is 30.9. The van der Waals surface area contributed by atoms with Crippen molar-refractivity contribution in [3.8, 4) is 5.75 Å². The van der Waals surface area contributed by atoms with Gasteiger partial charge in [-0.1, -0.05) is 54.0 Å². The predicted octanol–water partition coefficient (Wildman–Crippen LogP) is 7.54. The highest BCUT2D eigenvalue weighted by Crippen LogP contribution is 2.38. The Labute approximate surface area is 255 Å². The topological polar surface area (TPSA) is 75.7 Å². The van der Waals surface area contributed by atoms with Crippen molar-refractivity contribution in [2.45, 2.75) is 100 Å². The van der Waals surface area contributed by atoms with Crippen LogP contribution in [0.1, 0.15) is 70.8 Å². The number of alkyl halides is 2. The van der Waals surface area contributed by atoms with Crippen molar-refractivity contribution in [1.29, 1.82) is 0 Å². The summed E-state index contributed by atoms with van der Waals surface area (Å²) in [7, 11) is -4.52. The van der Waals surface area contributed by atoms with Gasteiger partial charge in [-0.2, -0.15) is 13.5 Å². The summed E-state index contributed by atoms with van der Waals surface area (Å²) in [6, 6.07) is 12.4. The van der Waals surface area contributed by atoms with E-state index in [1.807, 2.05) is 19.9 Å². The quantitative estimate of drug-likeness (QED) is 0.243. The molecule has 3 unspecified atom stereocenters. The molecule has 0 spiro atoms. The normalized spacial score (nSPS) is 20.7. The van der Waals surface area contributed by atoms with E-state index in [4.69, 9.17) is 4.74 Å². The van der Waals surface area contributed by atoms with E-state index in [2.05, 4.69) is 20.7 Å². The first-order valence-corrected chi connectivity index (χ1v) is 17.0. The van der Waals surface area contributed by atoms with E-state index < -0.39 is 33.5 Å². The Hall–Kier alpha value is -2.56. The van der Waals surface area contributed by atoms with E-state index in [0.717, 1.165) is 31.1 Å². The highest BCUT2D eigenvalue weighted by atomic mass is 79.9. The summed E-state index contributed by atoms with van der Waals surface area (Å²) in [5.41, 5.74) is -0.444. The average molecular weight is 664 g/mol. The molecule has 1 aliphatic heterocycles. The third kappa shape index (κ3) is 6.36. The number of hydrogen-bond donors (Lipinski definition) is 1. The summed E-state index contributed by atoms with van der Waals surface area (Å²) in [4.78, 5) is 15.3. The minimum Gasteiger partial charge on any atom is -0.490 e. The first-order valence-electron chi connectivity index (χ1n) is 14.7. The molecule has 10 heteroatoms. The van der Waals surface area contributed by atoms with Crippen molar-refractivity contribution in [2.75, 3.05) is 0 Å². The maximum Gasteiger partial charge on any atom is 0.298 e. The number of rotatable bonds is 10. The molecule has 3 atom stereocenters. The summed E-state index contributed by atoms with van der Waals surface area (Å²) in [5.74, 6) is -4.01. The largest absolute Gasteiger partial charge is 0.490 e. The monoisotopic (exact) mass is 662 g/mol. The predicted molar refractivity (Wildman–Crippen MR) is 163 cm³/mol. The van der Waals surface area contributed by atoms with Gasteiger partial charge in [-0.3, -0.25) is 4.79 Å². The molecule has 0 bridgehead atoms. The van der Waals surface area contributed by atoms with Crippen molar-refractivity contribution < 1.29 is 26.7 Å². The maximum absolute atomic E-state index is 16.2. The minimum absolute atomic E-state index is 0.184. The van der Waals surface area contributed by atoms with E-state index in [9.17, 15) is 13.2 Å². The van der Waals surface area contributed by atoms with Gasteiger partial charge < -0.3 is 9.64 Å². The van der Waals surface area contributed by atoms with Crippen molar-refractivity contribution in [3.05, 3.63) is 70.7 Å². The number of amides is 1. The van der Waals surface area contributed by atoms with Crippen molar-refractivity contribution in [3.63, 3.8) is 0 Å². The zero-order valence-electron chi connectivity index (χ0n) is 23.9. The van der Waals surface area contributed by atoms with Gasteiger partial charge in [0, 0.05) is 22.1 Å². The number of carbonyl (C=O) groups excluding carboxylic acids is 1. The van der Waals surface area contributed by atoms with Gasteiger partial charge in [0.25, 0.3) is 5.92 Å². The molecule has 0 aromatic heterocycles. The van der Waals surface area contributed by atoms with Crippen LogP contribution in [0.25, 0.3) is 10.8 Å². The van der Waals surface area contributed by atoms with Crippen molar-refractivity contribution >= 4 is 42.6 Å². The molecule has 1 saturated heterocycles. The van der Waals surface area contributed by atoms with Crippen LogP contribution < -0.4 is 9.46 Å². The Morgan fingerprint density at radius 2 is 1.55 bits per heavy atom. The Kier molecular flexibility index (Phi) is 9.25. The zero-order chi connectivity index (χ0) is 30.1. The van der Waals surface area contributed by atoms with Crippen LogP contribution in [0.3, 0.4) is 0 Å². The van der Waals surface area contributed by atoms with E-state index in [-0.39, 0.29) is 23.1 Å². The molecule has 6 nitrogen and oxygen atoms in total. The van der Waals surface area contributed by atoms with Gasteiger partial charge >= 0.3 is 0 Å². The number of nitrogens with one attached hydrogen (secondary N) is 1. The molecule has 1 aliphatic carbocycles. The highest BCUT2D eigenvalue weighted by Gasteiger charge is 2.52. The summed E-state index contributed by atoms with van der Waals surface area (Å²) in [5, 5.41) is 1.39.